The Hall–Kier alpha value is -3.14. The summed E-state index contributed by atoms with van der Waals surface area (Å²) in [7, 11) is 4.68. The second-order valence-electron chi connectivity index (χ2n) is 4.49. The third-order valence-corrected chi connectivity index (χ3v) is 3.40. The quantitative estimate of drug-likeness (QED) is 0.736. The normalized spacial score (nSPS) is 10.5. The molecule has 3 aromatic rings. The number of benzene rings is 1. The summed E-state index contributed by atoms with van der Waals surface area (Å²) in [6.07, 6.45) is 5.13. The molecular weight excluding hydrogens is 284 g/mol. The van der Waals surface area contributed by atoms with Gasteiger partial charge in [-0.15, -0.1) is 0 Å². The number of hydrogen-bond acceptors (Lipinski definition) is 5. The van der Waals surface area contributed by atoms with Crippen molar-refractivity contribution in [3.63, 3.8) is 0 Å². The molecule has 1 aromatic carbocycles. The number of nitrogens with zero attached hydrogens (tertiary/aromatic N) is 4. The number of ether oxygens (including phenoxy) is 3. The Bertz CT molecular complexity index is 848. The zero-order valence-corrected chi connectivity index (χ0v) is 12.4. The summed E-state index contributed by atoms with van der Waals surface area (Å²) in [6.45, 7) is 0. The van der Waals surface area contributed by atoms with E-state index in [1.165, 1.54) is 6.20 Å². The predicted octanol–water partition coefficient (Wildman–Crippen LogP) is 2.02. The number of rotatable bonds is 4. The summed E-state index contributed by atoms with van der Waals surface area (Å²) < 4.78 is 19.5. The SMILES string of the molecule is COc1cc(-n2ccn3ncc(C#N)c23)cc(OC)c1OC. The van der Waals surface area contributed by atoms with Crippen molar-refractivity contribution >= 4 is 5.65 Å². The van der Waals surface area contributed by atoms with Crippen LogP contribution >= 0.6 is 0 Å². The van der Waals surface area contributed by atoms with Gasteiger partial charge in [0.25, 0.3) is 0 Å². The van der Waals surface area contributed by atoms with E-state index < -0.39 is 0 Å². The molecule has 0 spiro atoms. The van der Waals surface area contributed by atoms with Crippen LogP contribution < -0.4 is 14.2 Å². The van der Waals surface area contributed by atoms with Crippen LogP contribution in [0.15, 0.2) is 30.7 Å². The average molecular weight is 298 g/mol. The van der Waals surface area contributed by atoms with Gasteiger partial charge in [0, 0.05) is 24.5 Å². The van der Waals surface area contributed by atoms with Crippen LogP contribution in [0.25, 0.3) is 11.3 Å². The first kappa shape index (κ1) is 13.8. The molecule has 2 aromatic heterocycles. The number of fused-ring (bicyclic) bond motifs is 1. The van der Waals surface area contributed by atoms with Crippen molar-refractivity contribution in [2.24, 2.45) is 0 Å². The Labute approximate surface area is 126 Å². The standard InChI is InChI=1S/C15H14N4O3/c1-20-12-6-11(7-13(21-2)14(12)22-3)18-4-5-19-15(18)10(8-16)9-17-19/h4-7,9H,1-3H3. The molecule has 7 heteroatoms. The highest BCUT2D eigenvalue weighted by Gasteiger charge is 2.16. The molecule has 0 aliphatic carbocycles. The largest absolute Gasteiger partial charge is 0.493 e. The third kappa shape index (κ3) is 1.93. The van der Waals surface area contributed by atoms with E-state index in [1.807, 2.05) is 22.9 Å². The van der Waals surface area contributed by atoms with Crippen molar-refractivity contribution in [3.8, 4) is 29.0 Å². The molecule has 0 aliphatic rings. The van der Waals surface area contributed by atoms with Crippen LogP contribution in [0.4, 0.5) is 0 Å². The van der Waals surface area contributed by atoms with Gasteiger partial charge in [-0.05, 0) is 0 Å². The average Bonchev–Trinajstić information content (AvgIpc) is 3.14. The maximum absolute atomic E-state index is 9.21. The molecule has 0 aliphatic heterocycles. The first-order valence-corrected chi connectivity index (χ1v) is 6.48. The highest BCUT2D eigenvalue weighted by Crippen LogP contribution is 2.39. The fourth-order valence-electron chi connectivity index (χ4n) is 2.40. The van der Waals surface area contributed by atoms with Gasteiger partial charge in [0.15, 0.2) is 17.1 Å². The molecule has 0 saturated heterocycles. The molecule has 0 N–H and O–H groups in total. The number of aromatic nitrogens is 3. The second-order valence-corrected chi connectivity index (χ2v) is 4.49. The van der Waals surface area contributed by atoms with E-state index in [1.54, 1.807) is 32.0 Å². The van der Waals surface area contributed by atoms with Gasteiger partial charge in [0.05, 0.1) is 33.2 Å². The molecule has 0 fully saturated rings. The molecule has 0 unspecified atom stereocenters. The lowest BCUT2D eigenvalue weighted by molar-refractivity contribution is 0.324. The Kier molecular flexibility index (Phi) is 3.35. The third-order valence-electron chi connectivity index (χ3n) is 3.40. The van der Waals surface area contributed by atoms with Gasteiger partial charge in [-0.25, -0.2) is 4.52 Å². The summed E-state index contributed by atoms with van der Waals surface area (Å²) in [4.78, 5) is 0. The van der Waals surface area contributed by atoms with Crippen LogP contribution in [0, 0.1) is 11.3 Å². The molecule has 2 heterocycles. The van der Waals surface area contributed by atoms with Crippen LogP contribution in [0.3, 0.4) is 0 Å². The Morgan fingerprint density at radius 3 is 2.27 bits per heavy atom. The van der Waals surface area contributed by atoms with Crippen LogP contribution in [0.2, 0.25) is 0 Å². The van der Waals surface area contributed by atoms with E-state index in [0.29, 0.717) is 28.5 Å². The minimum Gasteiger partial charge on any atom is -0.493 e. The van der Waals surface area contributed by atoms with Crippen LogP contribution in [-0.4, -0.2) is 35.5 Å². The van der Waals surface area contributed by atoms with Crippen LogP contribution in [0.5, 0.6) is 17.2 Å². The first-order valence-electron chi connectivity index (χ1n) is 6.48. The van der Waals surface area contributed by atoms with E-state index in [0.717, 1.165) is 5.69 Å². The van der Waals surface area contributed by atoms with Gasteiger partial charge in [-0.2, -0.15) is 10.4 Å². The maximum atomic E-state index is 9.21. The van der Waals surface area contributed by atoms with Gasteiger partial charge in [-0.1, -0.05) is 0 Å². The monoisotopic (exact) mass is 298 g/mol. The summed E-state index contributed by atoms with van der Waals surface area (Å²) in [6, 6.07) is 5.76. The first-order chi connectivity index (χ1) is 10.7. The van der Waals surface area contributed by atoms with E-state index in [4.69, 9.17) is 14.2 Å². The Morgan fingerprint density at radius 1 is 1.05 bits per heavy atom. The van der Waals surface area contributed by atoms with Crippen molar-refractivity contribution in [1.82, 2.24) is 14.2 Å². The number of hydrogen-bond donors (Lipinski definition) is 0. The van der Waals surface area contributed by atoms with Gasteiger partial charge in [0.1, 0.15) is 11.6 Å². The minimum atomic E-state index is 0.485. The molecule has 0 amide bonds. The van der Waals surface area contributed by atoms with Gasteiger partial charge >= 0.3 is 0 Å². The van der Waals surface area contributed by atoms with Gasteiger partial charge in [0.2, 0.25) is 5.75 Å². The lowest BCUT2D eigenvalue weighted by Crippen LogP contribution is -2.00. The van der Waals surface area contributed by atoms with E-state index in [9.17, 15) is 5.26 Å². The van der Waals surface area contributed by atoms with Gasteiger partial charge in [-0.3, -0.25) is 4.57 Å². The van der Waals surface area contributed by atoms with E-state index in [2.05, 4.69) is 11.2 Å². The second kappa shape index (κ2) is 5.33. The molecule has 0 bridgehead atoms. The molecule has 112 valence electrons. The molecule has 22 heavy (non-hydrogen) atoms. The van der Waals surface area contributed by atoms with Crippen molar-refractivity contribution < 1.29 is 14.2 Å². The Morgan fingerprint density at radius 2 is 1.73 bits per heavy atom. The lowest BCUT2D eigenvalue weighted by atomic mass is 10.2. The molecule has 0 atom stereocenters. The highest BCUT2D eigenvalue weighted by atomic mass is 16.5. The fourth-order valence-corrected chi connectivity index (χ4v) is 2.40. The number of imidazole rings is 1. The molecule has 3 rings (SSSR count). The van der Waals surface area contributed by atoms with Crippen molar-refractivity contribution in [2.45, 2.75) is 0 Å². The molecule has 0 saturated carbocycles. The summed E-state index contributed by atoms with van der Waals surface area (Å²) in [5.74, 6) is 1.61. The molecular formula is C15H14N4O3. The zero-order chi connectivity index (χ0) is 15.7. The van der Waals surface area contributed by atoms with Crippen molar-refractivity contribution in [3.05, 3.63) is 36.3 Å². The molecule has 7 nitrogen and oxygen atoms in total. The summed E-state index contributed by atoms with van der Waals surface area (Å²) in [5.41, 5.74) is 1.94. The topological polar surface area (TPSA) is 73.7 Å². The zero-order valence-electron chi connectivity index (χ0n) is 12.4. The summed E-state index contributed by atoms with van der Waals surface area (Å²) >= 11 is 0. The minimum absolute atomic E-state index is 0.485. The van der Waals surface area contributed by atoms with Crippen LogP contribution in [-0.2, 0) is 0 Å². The van der Waals surface area contributed by atoms with Crippen LogP contribution in [0.1, 0.15) is 5.56 Å². The number of nitriles is 1. The number of methoxy groups -OCH3 is 3. The Balaban J connectivity index is 2.27. The predicted molar refractivity (Wildman–Crippen MR) is 78.9 cm³/mol. The molecule has 0 radical (unpaired) electrons. The van der Waals surface area contributed by atoms with E-state index in [-0.39, 0.29) is 0 Å². The summed E-state index contributed by atoms with van der Waals surface area (Å²) in [5, 5.41) is 13.4. The van der Waals surface area contributed by atoms with Gasteiger partial charge < -0.3 is 14.2 Å². The lowest BCUT2D eigenvalue weighted by Gasteiger charge is -2.14. The van der Waals surface area contributed by atoms with Crippen molar-refractivity contribution in [1.29, 1.82) is 5.26 Å². The van der Waals surface area contributed by atoms with Crippen molar-refractivity contribution in [2.75, 3.05) is 21.3 Å². The smallest absolute Gasteiger partial charge is 0.203 e. The fraction of sp³-hybridized carbons (Fsp3) is 0.200. The maximum Gasteiger partial charge on any atom is 0.203 e. The van der Waals surface area contributed by atoms with E-state index >= 15 is 0 Å². The highest BCUT2D eigenvalue weighted by molar-refractivity contribution is 5.64.